The molecule has 0 aliphatic rings. The summed E-state index contributed by atoms with van der Waals surface area (Å²) in [7, 11) is 1.67. The fourth-order valence-corrected chi connectivity index (χ4v) is 0.852. The lowest BCUT2D eigenvalue weighted by atomic mass is 11.0. The van der Waals surface area contributed by atoms with Crippen LogP contribution in [0.4, 0.5) is 4.79 Å². The molecule has 0 fully saturated rings. The van der Waals surface area contributed by atoms with Crippen molar-refractivity contribution in [2.75, 3.05) is 28.3 Å². The van der Waals surface area contributed by atoms with Gasteiger partial charge >= 0.3 is 16.3 Å². The van der Waals surface area contributed by atoms with E-state index in [4.69, 9.17) is 0 Å². The zero-order valence-electron chi connectivity index (χ0n) is 7.49. The van der Waals surface area contributed by atoms with Crippen LogP contribution in [0.15, 0.2) is 0 Å². The quantitative estimate of drug-likeness (QED) is 0.594. The molecule has 0 aliphatic carbocycles. The van der Waals surface area contributed by atoms with E-state index in [1.54, 1.807) is 4.72 Å². The summed E-state index contributed by atoms with van der Waals surface area (Å²) in [6.45, 7) is 0. The molecule has 7 heteroatoms. The van der Waals surface area contributed by atoms with Gasteiger partial charge in [0.15, 0.2) is 0 Å². The van der Waals surface area contributed by atoms with Crippen molar-refractivity contribution in [2.45, 2.75) is 0 Å². The highest BCUT2D eigenvalue weighted by molar-refractivity contribution is 7.84. The third-order valence-electron chi connectivity index (χ3n) is 1.12. The summed E-state index contributed by atoms with van der Waals surface area (Å²) in [6, 6.07) is 0. The van der Waals surface area contributed by atoms with Gasteiger partial charge in [-0.2, -0.15) is 13.1 Å². The van der Waals surface area contributed by atoms with E-state index in [-0.39, 0.29) is 3.89 Å². The van der Waals surface area contributed by atoms with Crippen molar-refractivity contribution in [3.8, 4) is 0 Å². The van der Waals surface area contributed by atoms with Crippen molar-refractivity contribution in [1.29, 1.82) is 0 Å². The molecule has 0 heterocycles. The molecule has 0 radical (unpaired) electrons. The maximum absolute atomic E-state index is 11.2. The third kappa shape index (κ3) is 2.67. The first-order valence-corrected chi connectivity index (χ1v) is 4.57. The van der Waals surface area contributed by atoms with Crippen LogP contribution in [0.1, 0.15) is 0 Å². The molecule has 0 aromatic heterocycles. The molecule has 6 nitrogen and oxygen atoms in total. The fourth-order valence-electron chi connectivity index (χ4n) is 0.284. The van der Waals surface area contributed by atoms with Gasteiger partial charge in [0.25, 0.3) is 0 Å². The van der Waals surface area contributed by atoms with Gasteiger partial charge in [0, 0.05) is 0 Å². The Labute approximate surface area is 71.9 Å². The van der Waals surface area contributed by atoms with E-state index in [9.17, 15) is 13.2 Å². The van der Waals surface area contributed by atoms with Crippen LogP contribution in [0, 0.1) is 0 Å². The average Bonchev–Trinajstić information content (AvgIpc) is 1.84. The van der Waals surface area contributed by atoms with E-state index in [1.807, 2.05) is 0 Å². The van der Waals surface area contributed by atoms with E-state index in [1.165, 1.54) is 21.1 Å². The van der Waals surface area contributed by atoms with Crippen molar-refractivity contribution >= 4 is 16.3 Å². The largest absolute Gasteiger partial charge is 0.452 e. The summed E-state index contributed by atoms with van der Waals surface area (Å²) >= 11 is 0. The van der Waals surface area contributed by atoms with E-state index < -0.39 is 16.3 Å². The monoisotopic (exact) mass is 197 g/mol. The molecule has 0 rings (SSSR count). The molecular formula is C5H13N2O4S+. The van der Waals surface area contributed by atoms with Crippen LogP contribution in [0.3, 0.4) is 0 Å². The lowest BCUT2D eigenvalue weighted by molar-refractivity contribution is -0.739. The first-order valence-electron chi connectivity index (χ1n) is 3.13. The average molecular weight is 197 g/mol. The molecule has 0 saturated carbocycles. The summed E-state index contributed by atoms with van der Waals surface area (Å²) in [6.07, 6.45) is -0.983. The number of quaternary nitrogens is 1. The molecule has 0 unspecified atom stereocenters. The molecule has 0 atom stereocenters. The number of carbonyl (C=O) groups is 1. The molecule has 1 amide bonds. The summed E-state index contributed by atoms with van der Waals surface area (Å²) in [5, 5.41) is 0. The van der Waals surface area contributed by atoms with Crippen LogP contribution >= 0.6 is 0 Å². The van der Waals surface area contributed by atoms with Gasteiger partial charge in [-0.3, -0.25) is 0 Å². The van der Waals surface area contributed by atoms with Gasteiger partial charge < -0.3 is 4.74 Å². The zero-order chi connectivity index (χ0) is 9.99. The Balaban J connectivity index is 4.58. The number of methoxy groups -OCH3 is 1. The third-order valence-corrected chi connectivity index (χ3v) is 2.99. The minimum absolute atomic E-state index is 0.387. The van der Waals surface area contributed by atoms with Gasteiger partial charge in [0.05, 0.1) is 28.3 Å². The predicted molar refractivity (Wildman–Crippen MR) is 42.5 cm³/mol. The maximum Gasteiger partial charge on any atom is 0.424 e. The Morgan fingerprint density at radius 1 is 1.33 bits per heavy atom. The van der Waals surface area contributed by atoms with E-state index in [2.05, 4.69) is 4.74 Å². The van der Waals surface area contributed by atoms with Crippen molar-refractivity contribution in [1.82, 2.24) is 4.72 Å². The molecule has 0 saturated heterocycles. The van der Waals surface area contributed by atoms with Crippen molar-refractivity contribution in [3.63, 3.8) is 0 Å². The minimum atomic E-state index is -3.70. The molecule has 72 valence electrons. The molecule has 0 aromatic carbocycles. The molecule has 0 aliphatic heterocycles. The lowest BCUT2D eigenvalue weighted by Gasteiger charge is -2.21. The number of ether oxygens (including phenoxy) is 1. The number of amides is 1. The summed E-state index contributed by atoms with van der Waals surface area (Å²) in [5.74, 6) is 0. The highest BCUT2D eigenvalue weighted by Gasteiger charge is 2.30. The van der Waals surface area contributed by atoms with Gasteiger partial charge in [0.1, 0.15) is 0 Å². The van der Waals surface area contributed by atoms with Crippen LogP contribution in [-0.4, -0.2) is 46.7 Å². The maximum atomic E-state index is 11.2. The Morgan fingerprint density at radius 2 is 1.75 bits per heavy atom. The summed E-state index contributed by atoms with van der Waals surface area (Å²) in [4.78, 5) is 10.6. The number of hydrogen-bond donors (Lipinski definition) is 1. The van der Waals surface area contributed by atoms with Crippen molar-refractivity contribution < 1.29 is 21.8 Å². The molecule has 1 N–H and O–H groups in total. The standard InChI is InChI=1S/C5H12N2O4S/c1-7(2,3)12(9,10)6-5(8)11-4/h1-4H3/p+1. The van der Waals surface area contributed by atoms with Crippen LogP contribution < -0.4 is 4.72 Å². The first-order chi connectivity index (χ1) is 5.20. The zero-order valence-corrected chi connectivity index (χ0v) is 8.30. The Kier molecular flexibility index (Phi) is 3.05. The predicted octanol–water partition coefficient (Wildman–Crippen LogP) is -0.707. The topological polar surface area (TPSA) is 72.5 Å². The van der Waals surface area contributed by atoms with Gasteiger partial charge in [-0.15, -0.1) is 0 Å². The molecule has 12 heavy (non-hydrogen) atoms. The second-order valence-electron chi connectivity index (χ2n) is 2.96. The highest BCUT2D eigenvalue weighted by Crippen LogP contribution is 1.99. The highest BCUT2D eigenvalue weighted by atomic mass is 32.2. The van der Waals surface area contributed by atoms with Crippen LogP contribution in [0.2, 0.25) is 0 Å². The van der Waals surface area contributed by atoms with E-state index in [0.717, 1.165) is 7.11 Å². The minimum Gasteiger partial charge on any atom is -0.452 e. The van der Waals surface area contributed by atoms with Crippen LogP contribution in [0.25, 0.3) is 0 Å². The first kappa shape index (κ1) is 11.2. The van der Waals surface area contributed by atoms with Crippen LogP contribution in [-0.2, 0) is 14.9 Å². The van der Waals surface area contributed by atoms with Gasteiger partial charge in [-0.05, 0) is 0 Å². The number of rotatable bonds is 2. The Bertz CT molecular complexity index is 264. The molecule has 0 bridgehead atoms. The second kappa shape index (κ2) is 3.28. The summed E-state index contributed by atoms with van der Waals surface area (Å²) in [5.41, 5.74) is 0. The smallest absolute Gasteiger partial charge is 0.424 e. The molecule has 0 aromatic rings. The number of nitrogens with zero attached hydrogens (tertiary/aromatic N) is 1. The number of hydrogen-bond acceptors (Lipinski definition) is 4. The molecule has 0 spiro atoms. The SMILES string of the molecule is COC(=O)NS(=O)(=O)[N+](C)(C)C. The molecular weight excluding hydrogens is 184 g/mol. The van der Waals surface area contributed by atoms with Crippen molar-refractivity contribution in [2.24, 2.45) is 0 Å². The van der Waals surface area contributed by atoms with Gasteiger partial charge in [-0.1, -0.05) is 0 Å². The lowest BCUT2D eigenvalue weighted by Crippen LogP contribution is -2.50. The van der Waals surface area contributed by atoms with E-state index in [0.29, 0.717) is 0 Å². The van der Waals surface area contributed by atoms with E-state index >= 15 is 0 Å². The Morgan fingerprint density at radius 3 is 2.00 bits per heavy atom. The fraction of sp³-hybridized carbons (Fsp3) is 0.800. The van der Waals surface area contributed by atoms with Crippen LogP contribution in [0.5, 0.6) is 0 Å². The normalized spacial score (nSPS) is 12.3. The number of carbonyl (C=O) groups excluding carboxylic acids is 1. The van der Waals surface area contributed by atoms with Crippen molar-refractivity contribution in [3.05, 3.63) is 0 Å². The second-order valence-corrected chi connectivity index (χ2v) is 5.21. The Hall–Kier alpha value is -0.820. The summed E-state index contributed by atoms with van der Waals surface area (Å²) < 4.78 is 27.8. The van der Waals surface area contributed by atoms with Gasteiger partial charge in [0.2, 0.25) is 0 Å². The number of nitrogens with one attached hydrogen (secondary N) is 1. The van der Waals surface area contributed by atoms with Gasteiger partial charge in [-0.25, -0.2) is 8.68 Å².